The second-order valence-corrected chi connectivity index (χ2v) is 4.80. The van der Waals surface area contributed by atoms with Crippen molar-refractivity contribution in [3.05, 3.63) is 33.8 Å². The van der Waals surface area contributed by atoms with Crippen LogP contribution in [-0.2, 0) is 16.0 Å². The zero-order valence-corrected chi connectivity index (χ0v) is 11.5. The number of carbonyl (C=O) groups is 2. The van der Waals surface area contributed by atoms with Gasteiger partial charge in [0.25, 0.3) is 0 Å². The lowest BCUT2D eigenvalue weighted by molar-refractivity contribution is -0.127. The molecule has 5 nitrogen and oxygen atoms in total. The van der Waals surface area contributed by atoms with E-state index in [1.807, 2.05) is 0 Å². The van der Waals surface area contributed by atoms with Crippen LogP contribution in [0.2, 0.25) is 10.0 Å². The fourth-order valence-corrected chi connectivity index (χ4v) is 1.88. The van der Waals surface area contributed by atoms with Crippen LogP contribution in [-0.4, -0.2) is 29.6 Å². The summed E-state index contributed by atoms with van der Waals surface area (Å²) in [7, 11) is 0. The number of primary amides is 1. The van der Waals surface area contributed by atoms with Crippen molar-refractivity contribution in [2.45, 2.75) is 18.9 Å². The largest absolute Gasteiger partial charge is 0.381 e. The van der Waals surface area contributed by atoms with Gasteiger partial charge >= 0.3 is 0 Å². The fraction of sp³-hybridized carbons (Fsp3) is 0.333. The maximum atomic E-state index is 11.5. The van der Waals surface area contributed by atoms with E-state index in [1.165, 1.54) is 0 Å². The Morgan fingerprint density at radius 1 is 1.37 bits per heavy atom. The highest BCUT2D eigenvalue weighted by Gasteiger charge is 2.12. The molecule has 0 aliphatic rings. The number of rotatable bonds is 6. The van der Waals surface area contributed by atoms with Crippen LogP contribution < -0.4 is 11.1 Å². The molecule has 0 bridgehead atoms. The van der Waals surface area contributed by atoms with Gasteiger partial charge in [-0.1, -0.05) is 29.3 Å². The number of halogens is 2. The second-order valence-electron chi connectivity index (χ2n) is 3.96. The molecule has 1 atom stereocenters. The van der Waals surface area contributed by atoms with E-state index in [4.69, 9.17) is 34.0 Å². The highest BCUT2D eigenvalue weighted by atomic mass is 35.5. The van der Waals surface area contributed by atoms with Crippen molar-refractivity contribution in [1.29, 1.82) is 0 Å². The predicted molar refractivity (Wildman–Crippen MR) is 73.0 cm³/mol. The summed E-state index contributed by atoms with van der Waals surface area (Å²) >= 11 is 11.7. The number of amides is 2. The van der Waals surface area contributed by atoms with E-state index in [2.05, 4.69) is 5.32 Å². The normalized spacial score (nSPS) is 11.9. The van der Waals surface area contributed by atoms with Crippen molar-refractivity contribution >= 4 is 35.0 Å². The number of carbonyl (C=O) groups excluding carboxylic acids is 2. The smallest absolute Gasteiger partial charge is 0.248 e. The van der Waals surface area contributed by atoms with Gasteiger partial charge in [-0.3, -0.25) is 9.59 Å². The first-order valence-corrected chi connectivity index (χ1v) is 6.33. The second kappa shape index (κ2) is 7.33. The highest BCUT2D eigenvalue weighted by Crippen LogP contribution is 2.21. The maximum absolute atomic E-state index is 11.5. The van der Waals surface area contributed by atoms with Gasteiger partial charge in [0.05, 0.1) is 6.54 Å². The molecule has 0 radical (unpaired) electrons. The van der Waals surface area contributed by atoms with Crippen LogP contribution in [0.1, 0.15) is 12.0 Å². The molecule has 0 aliphatic heterocycles. The van der Waals surface area contributed by atoms with Gasteiger partial charge in [-0.25, -0.2) is 0 Å². The first-order valence-electron chi connectivity index (χ1n) is 5.58. The number of hydrogen-bond donors (Lipinski definition) is 3. The average Bonchev–Trinajstić information content (AvgIpc) is 2.34. The van der Waals surface area contributed by atoms with E-state index in [0.29, 0.717) is 16.5 Å². The molecule has 1 aromatic carbocycles. The van der Waals surface area contributed by atoms with Gasteiger partial charge in [-0.15, -0.1) is 0 Å². The molecule has 0 spiro atoms. The molecule has 1 unspecified atom stereocenters. The Morgan fingerprint density at radius 3 is 2.63 bits per heavy atom. The van der Waals surface area contributed by atoms with Crippen LogP contribution >= 0.6 is 23.2 Å². The molecule has 0 heterocycles. The third-order valence-electron chi connectivity index (χ3n) is 2.46. The first-order chi connectivity index (χ1) is 8.90. The maximum Gasteiger partial charge on any atom is 0.248 e. The lowest BCUT2D eigenvalue weighted by Crippen LogP contribution is -2.40. The molecule has 0 aromatic heterocycles. The van der Waals surface area contributed by atoms with E-state index in [-0.39, 0.29) is 18.9 Å². The van der Waals surface area contributed by atoms with Crippen molar-refractivity contribution in [3.63, 3.8) is 0 Å². The van der Waals surface area contributed by atoms with E-state index >= 15 is 0 Å². The summed E-state index contributed by atoms with van der Waals surface area (Å²) < 4.78 is 0. The van der Waals surface area contributed by atoms with Gasteiger partial charge in [0.2, 0.25) is 11.8 Å². The molecule has 0 saturated carbocycles. The van der Waals surface area contributed by atoms with Gasteiger partial charge < -0.3 is 16.2 Å². The number of aryl methyl sites for hydroxylation is 1. The fourth-order valence-electron chi connectivity index (χ4n) is 1.37. The van der Waals surface area contributed by atoms with Crippen molar-refractivity contribution in [3.8, 4) is 0 Å². The van der Waals surface area contributed by atoms with Crippen LogP contribution in [0.5, 0.6) is 0 Å². The molecule has 2 amide bonds. The molecule has 1 aromatic rings. The monoisotopic (exact) mass is 304 g/mol. The molecule has 0 fully saturated rings. The molecule has 0 saturated heterocycles. The number of nitrogens with one attached hydrogen (secondary N) is 1. The van der Waals surface area contributed by atoms with Crippen molar-refractivity contribution in [2.24, 2.45) is 5.73 Å². The zero-order valence-electron chi connectivity index (χ0n) is 10.0. The third kappa shape index (κ3) is 5.46. The van der Waals surface area contributed by atoms with E-state index in [9.17, 15) is 9.59 Å². The van der Waals surface area contributed by atoms with Crippen LogP contribution in [0.3, 0.4) is 0 Å². The Kier molecular flexibility index (Phi) is 6.08. The van der Waals surface area contributed by atoms with Gasteiger partial charge in [-0.2, -0.15) is 0 Å². The molecule has 4 N–H and O–H groups in total. The van der Waals surface area contributed by atoms with E-state index in [1.54, 1.807) is 18.2 Å². The molecule has 1 rings (SSSR count). The topological polar surface area (TPSA) is 92.4 Å². The summed E-state index contributed by atoms with van der Waals surface area (Å²) in [6, 6.07) is 5.04. The first kappa shape index (κ1) is 15.8. The van der Waals surface area contributed by atoms with Gasteiger partial charge in [0.15, 0.2) is 0 Å². The van der Waals surface area contributed by atoms with Gasteiger partial charge in [-0.05, 0) is 24.1 Å². The summed E-state index contributed by atoms with van der Waals surface area (Å²) in [6.45, 7) is -0.192. The number of hydrogen-bond acceptors (Lipinski definition) is 3. The quantitative estimate of drug-likeness (QED) is 0.728. The SMILES string of the molecule is NC(=O)C(O)CNC(=O)CCc1ccc(Cl)cc1Cl. The van der Waals surface area contributed by atoms with E-state index in [0.717, 1.165) is 5.56 Å². The Labute approximate surface area is 120 Å². The summed E-state index contributed by atoms with van der Waals surface area (Å²) in [4.78, 5) is 22.0. The highest BCUT2D eigenvalue weighted by molar-refractivity contribution is 6.35. The van der Waals surface area contributed by atoms with Crippen LogP contribution in [0.15, 0.2) is 18.2 Å². The van der Waals surface area contributed by atoms with Crippen molar-refractivity contribution < 1.29 is 14.7 Å². The van der Waals surface area contributed by atoms with Crippen molar-refractivity contribution in [2.75, 3.05) is 6.54 Å². The zero-order chi connectivity index (χ0) is 14.4. The minimum absolute atomic E-state index is 0.187. The molecule has 104 valence electrons. The lowest BCUT2D eigenvalue weighted by Gasteiger charge is -2.09. The summed E-state index contributed by atoms with van der Waals surface area (Å²) in [5, 5.41) is 12.5. The summed E-state index contributed by atoms with van der Waals surface area (Å²) in [5.74, 6) is -1.17. The lowest BCUT2D eigenvalue weighted by atomic mass is 10.1. The Balaban J connectivity index is 2.40. The van der Waals surface area contributed by atoms with Crippen LogP contribution in [0.4, 0.5) is 0 Å². The Hall–Kier alpha value is -1.30. The molecular weight excluding hydrogens is 291 g/mol. The van der Waals surface area contributed by atoms with E-state index < -0.39 is 12.0 Å². The summed E-state index contributed by atoms with van der Waals surface area (Å²) in [6.07, 6.45) is -0.746. The third-order valence-corrected chi connectivity index (χ3v) is 3.04. The minimum atomic E-state index is -1.37. The molecular formula is C12H14Cl2N2O3. The van der Waals surface area contributed by atoms with Crippen LogP contribution in [0, 0.1) is 0 Å². The summed E-state index contributed by atoms with van der Waals surface area (Å²) in [5.41, 5.74) is 5.65. The number of aliphatic hydroxyl groups excluding tert-OH is 1. The minimum Gasteiger partial charge on any atom is -0.381 e. The van der Waals surface area contributed by atoms with Gasteiger partial charge in [0, 0.05) is 16.5 Å². The molecule has 7 heteroatoms. The molecule has 0 aliphatic carbocycles. The van der Waals surface area contributed by atoms with Crippen LogP contribution in [0.25, 0.3) is 0 Å². The number of nitrogens with two attached hydrogens (primary N) is 1. The Bertz CT molecular complexity index is 480. The standard InChI is InChI=1S/C12H14Cl2N2O3/c13-8-3-1-7(9(14)5-8)2-4-11(18)16-6-10(17)12(15)19/h1,3,5,10,17H,2,4,6H2,(H2,15,19)(H,16,18). The predicted octanol–water partition coefficient (Wildman–Crippen LogP) is 0.888. The Morgan fingerprint density at radius 2 is 2.05 bits per heavy atom. The van der Waals surface area contributed by atoms with Crippen molar-refractivity contribution in [1.82, 2.24) is 5.32 Å². The average molecular weight is 305 g/mol. The van der Waals surface area contributed by atoms with Gasteiger partial charge in [0.1, 0.15) is 6.10 Å². The molecule has 19 heavy (non-hydrogen) atoms. The number of benzene rings is 1. The number of aliphatic hydroxyl groups is 1.